The van der Waals surface area contributed by atoms with Gasteiger partial charge in [0.05, 0.1) is 5.37 Å². The molecule has 1 aromatic carbocycles. The van der Waals surface area contributed by atoms with E-state index in [1.165, 1.54) is 59.4 Å². The average molecular weight is 492 g/mol. The van der Waals surface area contributed by atoms with Gasteiger partial charge in [-0.05, 0) is 111 Å². The van der Waals surface area contributed by atoms with Crippen molar-refractivity contribution in [3.05, 3.63) is 68.8 Å². The summed E-state index contributed by atoms with van der Waals surface area (Å²) in [4.78, 5) is 13.2. The van der Waals surface area contributed by atoms with Gasteiger partial charge < -0.3 is 10.1 Å². The van der Waals surface area contributed by atoms with E-state index in [4.69, 9.17) is 0 Å². The van der Waals surface area contributed by atoms with Crippen molar-refractivity contribution >= 4 is 18.0 Å². The van der Waals surface area contributed by atoms with Crippen molar-refractivity contribution in [3.63, 3.8) is 0 Å². The van der Waals surface area contributed by atoms with Gasteiger partial charge in [0.2, 0.25) is 0 Å². The van der Waals surface area contributed by atoms with E-state index in [2.05, 4.69) is 71.6 Å². The topological polar surface area (TPSA) is 29.1 Å². The Morgan fingerprint density at radius 2 is 2.00 bits per heavy atom. The van der Waals surface area contributed by atoms with E-state index in [9.17, 15) is 4.79 Å². The van der Waals surface area contributed by atoms with E-state index >= 15 is 0 Å². The maximum atomic E-state index is 11.8. The number of thioether (sulfide) groups is 1. The minimum Gasteiger partial charge on any atom is -0.371 e. The number of aldehydes is 1. The Bertz CT molecular complexity index is 1030. The molecule has 1 saturated carbocycles. The molecular weight excluding hydrogens is 446 g/mol. The zero-order valence-electron chi connectivity index (χ0n) is 22.7. The lowest BCUT2D eigenvalue weighted by atomic mass is 9.80. The minimum absolute atomic E-state index is 0.00358. The lowest BCUT2D eigenvalue weighted by molar-refractivity contribution is -0.112. The van der Waals surface area contributed by atoms with Gasteiger partial charge in [0.1, 0.15) is 6.29 Å². The van der Waals surface area contributed by atoms with E-state index < -0.39 is 0 Å². The van der Waals surface area contributed by atoms with Crippen LogP contribution >= 0.6 is 11.8 Å². The number of rotatable bonds is 10. The van der Waals surface area contributed by atoms with E-state index in [0.717, 1.165) is 36.5 Å². The molecule has 1 heterocycles. The van der Waals surface area contributed by atoms with Gasteiger partial charge >= 0.3 is 0 Å². The van der Waals surface area contributed by atoms with Crippen molar-refractivity contribution in [3.8, 4) is 0 Å². The molecule has 35 heavy (non-hydrogen) atoms. The van der Waals surface area contributed by atoms with Crippen molar-refractivity contribution in [1.29, 1.82) is 0 Å². The summed E-state index contributed by atoms with van der Waals surface area (Å²) in [7, 11) is 0. The van der Waals surface area contributed by atoms with Crippen LogP contribution in [0, 0.1) is 30.6 Å². The molecule has 1 aromatic rings. The SMILES string of the molecule is C=C(C)C1=C(CCc2cc(CC3CC3C)cc(C)c2C2C=C(C)CCC2)SC(C(C=O)C(C)C)N1. The number of benzene rings is 1. The molecule has 0 saturated heterocycles. The lowest BCUT2D eigenvalue weighted by Crippen LogP contribution is -2.33. The number of hydrogen-bond acceptors (Lipinski definition) is 3. The van der Waals surface area contributed by atoms with E-state index in [0.29, 0.717) is 11.8 Å². The summed E-state index contributed by atoms with van der Waals surface area (Å²) < 4.78 is 0. The van der Waals surface area contributed by atoms with Crippen LogP contribution in [0.5, 0.6) is 0 Å². The van der Waals surface area contributed by atoms with Crippen molar-refractivity contribution in [2.75, 3.05) is 0 Å². The molecule has 190 valence electrons. The summed E-state index contributed by atoms with van der Waals surface area (Å²) >= 11 is 1.86. The van der Waals surface area contributed by atoms with E-state index in [1.807, 2.05) is 11.8 Å². The second-order valence-corrected chi connectivity index (χ2v) is 13.1. The molecule has 4 rings (SSSR count). The van der Waals surface area contributed by atoms with Gasteiger partial charge in [-0.2, -0.15) is 0 Å². The molecule has 0 bridgehead atoms. The zero-order chi connectivity index (χ0) is 25.3. The largest absolute Gasteiger partial charge is 0.371 e. The molecule has 3 aliphatic rings. The minimum atomic E-state index is 0.00358. The molecule has 1 aliphatic heterocycles. The van der Waals surface area contributed by atoms with Gasteiger partial charge in [0.15, 0.2) is 0 Å². The lowest BCUT2D eigenvalue weighted by Gasteiger charge is -2.25. The fourth-order valence-electron chi connectivity index (χ4n) is 6.14. The van der Waals surface area contributed by atoms with Gasteiger partial charge in [0, 0.05) is 22.4 Å². The maximum Gasteiger partial charge on any atom is 0.126 e. The van der Waals surface area contributed by atoms with Crippen LogP contribution in [-0.4, -0.2) is 11.7 Å². The van der Waals surface area contributed by atoms with Gasteiger partial charge in [-0.15, -0.1) is 11.8 Å². The fraction of sp³-hybridized carbons (Fsp3) is 0.594. The van der Waals surface area contributed by atoms with Crippen LogP contribution < -0.4 is 5.32 Å². The van der Waals surface area contributed by atoms with Crippen LogP contribution in [-0.2, 0) is 17.6 Å². The summed E-state index contributed by atoms with van der Waals surface area (Å²) in [6, 6.07) is 5.03. The van der Waals surface area contributed by atoms with Crippen molar-refractivity contribution in [1.82, 2.24) is 5.32 Å². The summed E-state index contributed by atoms with van der Waals surface area (Å²) in [5, 5.41) is 3.77. The number of carbonyl (C=O) groups is 1. The highest BCUT2D eigenvalue weighted by Gasteiger charge is 2.34. The van der Waals surface area contributed by atoms with Crippen LogP contribution in [0.1, 0.15) is 94.9 Å². The molecule has 1 fully saturated rings. The van der Waals surface area contributed by atoms with Crippen LogP contribution in [0.4, 0.5) is 0 Å². The Morgan fingerprint density at radius 1 is 1.26 bits per heavy atom. The molecule has 2 aliphatic carbocycles. The average Bonchev–Trinajstić information content (AvgIpc) is 3.30. The molecular formula is C32H45NOS. The quantitative estimate of drug-likeness (QED) is 0.264. The van der Waals surface area contributed by atoms with Gasteiger partial charge in [0.25, 0.3) is 0 Å². The third-order valence-electron chi connectivity index (χ3n) is 8.41. The standard InChI is InChI=1S/C32H45NOS/c1-19(2)28(18-34)32-33-31(20(3)4)29(35-32)12-11-26-16-24(17-27-15-22(27)6)14-23(7)30(26)25-10-8-9-21(5)13-25/h13-14,16,18-19,22,25,27-28,32-33H,3,8-12,15,17H2,1-2,4-7H3. The molecule has 1 N–H and O–H groups in total. The Balaban J connectivity index is 1.61. The Kier molecular flexibility index (Phi) is 8.36. The molecule has 2 nitrogen and oxygen atoms in total. The first-order valence-electron chi connectivity index (χ1n) is 13.7. The number of allylic oxidation sites excluding steroid dienone is 4. The summed E-state index contributed by atoms with van der Waals surface area (Å²) in [6.07, 6.45) is 12.1. The van der Waals surface area contributed by atoms with Crippen LogP contribution in [0.2, 0.25) is 0 Å². The molecule has 0 amide bonds. The Morgan fingerprint density at radius 3 is 2.60 bits per heavy atom. The second kappa shape index (κ2) is 11.1. The van der Waals surface area contributed by atoms with Gasteiger partial charge in [-0.3, -0.25) is 0 Å². The summed E-state index contributed by atoms with van der Waals surface area (Å²) in [5.74, 6) is 2.62. The highest BCUT2D eigenvalue weighted by atomic mass is 32.2. The Labute approximate surface area is 218 Å². The van der Waals surface area contributed by atoms with E-state index in [1.54, 1.807) is 11.1 Å². The molecule has 0 radical (unpaired) electrons. The summed E-state index contributed by atoms with van der Waals surface area (Å²) in [5.41, 5.74) is 9.90. The monoisotopic (exact) mass is 491 g/mol. The van der Waals surface area contributed by atoms with Gasteiger partial charge in [-0.1, -0.05) is 51.1 Å². The van der Waals surface area contributed by atoms with E-state index in [-0.39, 0.29) is 11.3 Å². The molecule has 3 heteroatoms. The third-order valence-corrected chi connectivity index (χ3v) is 9.79. The first-order chi connectivity index (χ1) is 16.7. The molecule has 5 unspecified atom stereocenters. The molecule has 5 atom stereocenters. The smallest absolute Gasteiger partial charge is 0.126 e. The van der Waals surface area contributed by atoms with Crippen LogP contribution in [0.15, 0.2) is 46.5 Å². The van der Waals surface area contributed by atoms with Crippen molar-refractivity contribution in [2.24, 2.45) is 23.7 Å². The Hall–Kier alpha value is -1.74. The predicted octanol–water partition coefficient (Wildman–Crippen LogP) is 8.26. The predicted molar refractivity (Wildman–Crippen MR) is 152 cm³/mol. The van der Waals surface area contributed by atoms with Crippen LogP contribution in [0.3, 0.4) is 0 Å². The normalized spacial score (nSPS) is 27.0. The first kappa shape index (κ1) is 26.3. The number of hydrogen-bond donors (Lipinski definition) is 1. The number of nitrogens with one attached hydrogen (secondary N) is 1. The second-order valence-electron chi connectivity index (χ2n) is 11.9. The maximum absolute atomic E-state index is 11.8. The van der Waals surface area contributed by atoms with Crippen LogP contribution in [0.25, 0.3) is 0 Å². The summed E-state index contributed by atoms with van der Waals surface area (Å²) in [6.45, 7) is 17.6. The van der Waals surface area contributed by atoms with Crippen molar-refractivity contribution < 1.29 is 4.79 Å². The highest BCUT2D eigenvalue weighted by molar-refractivity contribution is 8.03. The zero-order valence-corrected chi connectivity index (χ0v) is 23.6. The van der Waals surface area contributed by atoms with Crippen molar-refractivity contribution in [2.45, 2.75) is 97.8 Å². The third kappa shape index (κ3) is 6.16. The number of carbonyl (C=O) groups excluding carboxylic acids is 1. The molecule has 0 spiro atoms. The van der Waals surface area contributed by atoms with Gasteiger partial charge in [-0.25, -0.2) is 0 Å². The highest BCUT2D eigenvalue weighted by Crippen LogP contribution is 2.43. The fourth-order valence-corrected chi connectivity index (χ4v) is 7.73. The first-order valence-corrected chi connectivity index (χ1v) is 14.6. The molecule has 0 aromatic heterocycles. The number of aryl methyl sites for hydroxylation is 2.